The second-order valence-electron chi connectivity index (χ2n) is 3.58. The van der Waals surface area contributed by atoms with Crippen LogP contribution >= 0.6 is 11.3 Å². The number of ether oxygens (including phenoxy) is 1. The van der Waals surface area contributed by atoms with E-state index in [4.69, 9.17) is 4.74 Å². The number of anilines is 1. The summed E-state index contributed by atoms with van der Waals surface area (Å²) in [7, 11) is 0. The Morgan fingerprint density at radius 3 is 3.36 bits per heavy atom. The van der Waals surface area contributed by atoms with Gasteiger partial charge in [0, 0.05) is 30.6 Å². The molecule has 1 aliphatic rings. The lowest BCUT2D eigenvalue weighted by atomic mass is 10.00. The van der Waals surface area contributed by atoms with E-state index in [0.717, 1.165) is 24.7 Å². The zero-order valence-electron chi connectivity index (χ0n) is 8.40. The summed E-state index contributed by atoms with van der Waals surface area (Å²) in [5, 5.41) is 6.37. The smallest absolute Gasteiger partial charge is 0.182 e. The zero-order valence-corrected chi connectivity index (χ0v) is 9.22. The van der Waals surface area contributed by atoms with Crippen LogP contribution in [0, 0.1) is 5.92 Å². The SMILES string of the molecule is CCC1OCCC1CNc1nccs1. The van der Waals surface area contributed by atoms with Crippen LogP contribution in [0.4, 0.5) is 5.13 Å². The summed E-state index contributed by atoms with van der Waals surface area (Å²) in [6.07, 6.45) is 4.57. The molecule has 78 valence electrons. The van der Waals surface area contributed by atoms with E-state index in [-0.39, 0.29) is 0 Å². The lowest BCUT2D eigenvalue weighted by Gasteiger charge is -2.16. The third kappa shape index (κ3) is 2.25. The quantitative estimate of drug-likeness (QED) is 0.832. The van der Waals surface area contributed by atoms with E-state index in [0.29, 0.717) is 12.0 Å². The van der Waals surface area contributed by atoms with E-state index in [2.05, 4.69) is 17.2 Å². The topological polar surface area (TPSA) is 34.1 Å². The van der Waals surface area contributed by atoms with Crippen LogP contribution in [0.5, 0.6) is 0 Å². The zero-order chi connectivity index (χ0) is 9.80. The van der Waals surface area contributed by atoms with Crippen LogP contribution in [0.25, 0.3) is 0 Å². The highest BCUT2D eigenvalue weighted by Crippen LogP contribution is 2.24. The first-order chi connectivity index (χ1) is 6.90. The van der Waals surface area contributed by atoms with Crippen LogP contribution in [0.3, 0.4) is 0 Å². The van der Waals surface area contributed by atoms with Gasteiger partial charge in [-0.25, -0.2) is 4.98 Å². The highest BCUT2D eigenvalue weighted by Gasteiger charge is 2.26. The second kappa shape index (κ2) is 4.75. The Balaban J connectivity index is 1.80. The number of nitrogens with one attached hydrogen (secondary N) is 1. The molecule has 0 bridgehead atoms. The molecule has 0 saturated carbocycles. The van der Waals surface area contributed by atoms with Gasteiger partial charge in [-0.15, -0.1) is 11.3 Å². The van der Waals surface area contributed by atoms with Crippen LogP contribution in [-0.2, 0) is 4.74 Å². The van der Waals surface area contributed by atoms with Crippen molar-refractivity contribution in [3.63, 3.8) is 0 Å². The maximum absolute atomic E-state index is 5.63. The van der Waals surface area contributed by atoms with Gasteiger partial charge in [0.25, 0.3) is 0 Å². The van der Waals surface area contributed by atoms with Crippen molar-refractivity contribution in [1.29, 1.82) is 0 Å². The third-order valence-electron chi connectivity index (χ3n) is 2.70. The minimum atomic E-state index is 0.447. The summed E-state index contributed by atoms with van der Waals surface area (Å²) in [5.74, 6) is 0.656. The van der Waals surface area contributed by atoms with Gasteiger partial charge < -0.3 is 10.1 Å². The molecule has 14 heavy (non-hydrogen) atoms. The van der Waals surface area contributed by atoms with Gasteiger partial charge >= 0.3 is 0 Å². The van der Waals surface area contributed by atoms with E-state index in [1.165, 1.54) is 6.42 Å². The summed E-state index contributed by atoms with van der Waals surface area (Å²) in [5.41, 5.74) is 0. The molecule has 0 aliphatic carbocycles. The molecule has 2 heterocycles. The van der Waals surface area contributed by atoms with Crippen LogP contribution in [0.15, 0.2) is 11.6 Å². The van der Waals surface area contributed by atoms with Crippen molar-refractivity contribution in [2.45, 2.75) is 25.9 Å². The predicted molar refractivity (Wildman–Crippen MR) is 58.7 cm³/mol. The molecule has 0 amide bonds. The summed E-state index contributed by atoms with van der Waals surface area (Å²) < 4.78 is 5.63. The maximum Gasteiger partial charge on any atom is 0.182 e. The molecule has 1 aromatic heterocycles. The predicted octanol–water partition coefficient (Wildman–Crippen LogP) is 2.37. The molecule has 1 fully saturated rings. The van der Waals surface area contributed by atoms with E-state index >= 15 is 0 Å². The lowest BCUT2D eigenvalue weighted by molar-refractivity contribution is 0.0900. The van der Waals surface area contributed by atoms with Gasteiger partial charge in [-0.05, 0) is 12.8 Å². The molecule has 1 N–H and O–H groups in total. The molecule has 2 rings (SSSR count). The molecule has 3 nitrogen and oxygen atoms in total. The fraction of sp³-hybridized carbons (Fsp3) is 0.700. The van der Waals surface area contributed by atoms with E-state index in [1.54, 1.807) is 11.3 Å². The van der Waals surface area contributed by atoms with Crippen molar-refractivity contribution in [2.24, 2.45) is 5.92 Å². The Labute approximate surface area is 88.5 Å². The van der Waals surface area contributed by atoms with Gasteiger partial charge in [0.05, 0.1) is 6.10 Å². The minimum absolute atomic E-state index is 0.447. The van der Waals surface area contributed by atoms with Gasteiger partial charge in [-0.2, -0.15) is 0 Å². The van der Waals surface area contributed by atoms with Crippen LogP contribution in [0.2, 0.25) is 0 Å². The second-order valence-corrected chi connectivity index (χ2v) is 4.48. The van der Waals surface area contributed by atoms with Crippen molar-refractivity contribution in [3.05, 3.63) is 11.6 Å². The molecular formula is C10H16N2OS. The molecule has 1 aromatic rings. The van der Waals surface area contributed by atoms with Crippen LogP contribution < -0.4 is 5.32 Å². The van der Waals surface area contributed by atoms with Gasteiger partial charge in [-0.3, -0.25) is 0 Å². The molecule has 1 saturated heterocycles. The Morgan fingerprint density at radius 2 is 2.64 bits per heavy atom. The minimum Gasteiger partial charge on any atom is -0.378 e. The Morgan fingerprint density at radius 1 is 1.71 bits per heavy atom. The number of thiazole rings is 1. The van der Waals surface area contributed by atoms with Gasteiger partial charge in [-0.1, -0.05) is 6.92 Å². The molecule has 0 aromatic carbocycles. The number of aromatic nitrogens is 1. The van der Waals surface area contributed by atoms with Gasteiger partial charge in [0.1, 0.15) is 0 Å². The van der Waals surface area contributed by atoms with Crippen molar-refractivity contribution in [3.8, 4) is 0 Å². The van der Waals surface area contributed by atoms with Gasteiger partial charge in [0.2, 0.25) is 0 Å². The standard InChI is InChI=1S/C10H16N2OS/c1-2-9-8(3-5-13-9)7-12-10-11-4-6-14-10/h4,6,8-9H,2-3,5,7H2,1H3,(H,11,12). The fourth-order valence-electron chi connectivity index (χ4n) is 1.91. The molecule has 4 heteroatoms. The average Bonchev–Trinajstić information content (AvgIpc) is 2.85. The Hall–Kier alpha value is -0.610. The molecule has 0 radical (unpaired) electrons. The Kier molecular flexibility index (Phi) is 3.37. The first-order valence-electron chi connectivity index (χ1n) is 5.15. The summed E-state index contributed by atoms with van der Waals surface area (Å²) in [6, 6.07) is 0. The van der Waals surface area contributed by atoms with Crippen LogP contribution in [0.1, 0.15) is 19.8 Å². The largest absolute Gasteiger partial charge is 0.378 e. The van der Waals surface area contributed by atoms with Gasteiger partial charge in [0.15, 0.2) is 5.13 Å². The summed E-state index contributed by atoms with van der Waals surface area (Å²) in [4.78, 5) is 4.19. The highest BCUT2D eigenvalue weighted by molar-refractivity contribution is 7.13. The third-order valence-corrected chi connectivity index (χ3v) is 3.43. The molecule has 2 atom stereocenters. The fourth-order valence-corrected chi connectivity index (χ4v) is 2.45. The monoisotopic (exact) mass is 212 g/mol. The molecule has 1 aliphatic heterocycles. The maximum atomic E-state index is 5.63. The number of rotatable bonds is 4. The van der Waals surface area contributed by atoms with E-state index < -0.39 is 0 Å². The number of hydrogen-bond acceptors (Lipinski definition) is 4. The summed E-state index contributed by atoms with van der Waals surface area (Å²) >= 11 is 1.65. The molecular weight excluding hydrogens is 196 g/mol. The number of hydrogen-bond donors (Lipinski definition) is 1. The first kappa shape index (κ1) is 9.93. The number of nitrogens with zero attached hydrogens (tertiary/aromatic N) is 1. The summed E-state index contributed by atoms with van der Waals surface area (Å²) in [6.45, 7) is 4.10. The highest BCUT2D eigenvalue weighted by atomic mass is 32.1. The van der Waals surface area contributed by atoms with Crippen LogP contribution in [-0.4, -0.2) is 24.2 Å². The lowest BCUT2D eigenvalue weighted by Crippen LogP contribution is -2.22. The first-order valence-corrected chi connectivity index (χ1v) is 6.03. The van der Waals surface area contributed by atoms with E-state index in [1.807, 2.05) is 11.6 Å². The van der Waals surface area contributed by atoms with Crippen molar-refractivity contribution in [1.82, 2.24) is 4.98 Å². The van der Waals surface area contributed by atoms with Crippen molar-refractivity contribution in [2.75, 3.05) is 18.5 Å². The van der Waals surface area contributed by atoms with E-state index in [9.17, 15) is 0 Å². The molecule has 2 unspecified atom stereocenters. The average molecular weight is 212 g/mol. The van der Waals surface area contributed by atoms with Crippen molar-refractivity contribution < 1.29 is 4.74 Å². The van der Waals surface area contributed by atoms with Crippen molar-refractivity contribution >= 4 is 16.5 Å². The molecule has 0 spiro atoms. The normalized spacial score (nSPS) is 26.6. The Bertz CT molecular complexity index is 263.